The van der Waals surface area contributed by atoms with E-state index in [1.54, 1.807) is 0 Å². The molecule has 1 fully saturated rings. The summed E-state index contributed by atoms with van der Waals surface area (Å²) in [6.45, 7) is 4.81. The summed E-state index contributed by atoms with van der Waals surface area (Å²) in [5.41, 5.74) is 4.29. The van der Waals surface area contributed by atoms with Gasteiger partial charge in [-0.15, -0.1) is 0 Å². The first-order chi connectivity index (χ1) is 11.2. The van der Waals surface area contributed by atoms with Crippen molar-refractivity contribution in [3.8, 4) is 11.3 Å². The number of nitrogens with zero attached hydrogens (tertiary/aromatic N) is 2. The second-order valence-corrected chi connectivity index (χ2v) is 7.02. The highest BCUT2D eigenvalue weighted by molar-refractivity contribution is 7.98. The van der Waals surface area contributed by atoms with Crippen LogP contribution in [0.15, 0.2) is 36.4 Å². The Morgan fingerprint density at radius 3 is 2.52 bits per heavy atom. The summed E-state index contributed by atoms with van der Waals surface area (Å²) in [4.78, 5) is 14.8. The Balaban J connectivity index is 2.00. The van der Waals surface area contributed by atoms with Crippen molar-refractivity contribution in [2.24, 2.45) is 0 Å². The fourth-order valence-corrected chi connectivity index (χ4v) is 3.64. The molecule has 1 aliphatic rings. The van der Waals surface area contributed by atoms with Gasteiger partial charge >= 0.3 is 0 Å². The monoisotopic (exact) mass is 328 g/mol. The van der Waals surface area contributed by atoms with Gasteiger partial charge in [-0.1, -0.05) is 30.3 Å². The highest BCUT2D eigenvalue weighted by atomic mass is 32.2. The van der Waals surface area contributed by atoms with Crippen LogP contribution >= 0.6 is 11.8 Å². The number of carbonyl (C=O) groups is 1. The minimum absolute atomic E-state index is 0.195. The molecule has 122 valence electrons. The lowest BCUT2D eigenvalue weighted by Crippen LogP contribution is -2.28. The number of hydrogen-bond acceptors (Lipinski definition) is 2. The van der Waals surface area contributed by atoms with Crippen LogP contribution in [0.4, 0.5) is 0 Å². The summed E-state index contributed by atoms with van der Waals surface area (Å²) in [7, 11) is 0. The molecule has 1 amide bonds. The van der Waals surface area contributed by atoms with Crippen LogP contribution in [0, 0.1) is 6.92 Å². The van der Waals surface area contributed by atoms with Crippen molar-refractivity contribution in [1.29, 1.82) is 0 Å². The average molecular weight is 328 g/mol. The van der Waals surface area contributed by atoms with E-state index in [1.165, 1.54) is 5.56 Å². The fraction of sp³-hybridized carbons (Fsp3) is 0.421. The van der Waals surface area contributed by atoms with Crippen LogP contribution < -0.4 is 0 Å². The lowest BCUT2D eigenvalue weighted by Gasteiger charge is -2.15. The quantitative estimate of drug-likeness (QED) is 0.827. The molecule has 1 aromatic carbocycles. The number of hydrogen-bond donors (Lipinski definition) is 0. The van der Waals surface area contributed by atoms with Crippen molar-refractivity contribution in [2.75, 3.05) is 25.1 Å². The lowest BCUT2D eigenvalue weighted by molar-refractivity contribution is 0.0792. The molecule has 2 aromatic rings. The van der Waals surface area contributed by atoms with E-state index < -0.39 is 0 Å². The van der Waals surface area contributed by atoms with Crippen molar-refractivity contribution >= 4 is 17.7 Å². The Kier molecular flexibility index (Phi) is 5.11. The van der Waals surface area contributed by atoms with E-state index in [4.69, 9.17) is 0 Å². The molecule has 1 aliphatic heterocycles. The van der Waals surface area contributed by atoms with Crippen LogP contribution in [0.1, 0.15) is 28.9 Å². The molecule has 0 bridgehead atoms. The maximum Gasteiger partial charge on any atom is 0.255 e. The number of carbonyl (C=O) groups excluding carboxylic acids is 1. The van der Waals surface area contributed by atoms with Gasteiger partial charge in [0.25, 0.3) is 5.91 Å². The van der Waals surface area contributed by atoms with E-state index in [0.717, 1.165) is 55.2 Å². The van der Waals surface area contributed by atoms with Gasteiger partial charge < -0.3 is 9.47 Å². The summed E-state index contributed by atoms with van der Waals surface area (Å²) in [5.74, 6) is 1.24. The van der Waals surface area contributed by atoms with E-state index in [1.807, 2.05) is 22.7 Å². The summed E-state index contributed by atoms with van der Waals surface area (Å²) >= 11 is 1.84. The Hall–Kier alpha value is -1.68. The molecular weight excluding hydrogens is 304 g/mol. The van der Waals surface area contributed by atoms with E-state index in [2.05, 4.69) is 48.1 Å². The maximum atomic E-state index is 12.8. The van der Waals surface area contributed by atoms with Crippen LogP contribution in [0.25, 0.3) is 11.3 Å². The molecule has 0 saturated carbocycles. The first-order valence-corrected chi connectivity index (χ1v) is 9.65. The van der Waals surface area contributed by atoms with Crippen molar-refractivity contribution < 1.29 is 4.79 Å². The number of benzene rings is 1. The number of amides is 1. The molecule has 4 heteroatoms. The van der Waals surface area contributed by atoms with Crippen molar-refractivity contribution in [2.45, 2.75) is 26.3 Å². The summed E-state index contributed by atoms with van der Waals surface area (Å²) in [6, 6.07) is 12.5. The minimum Gasteiger partial charge on any atom is -0.343 e. The zero-order chi connectivity index (χ0) is 16.2. The molecule has 0 spiro atoms. The standard InChI is InChI=1S/C19H24N2OS/c1-15-17(19(22)20-10-6-7-11-20)14-18(21(15)12-13-23-2)16-8-4-3-5-9-16/h3-5,8-9,14H,6-7,10-13H2,1-2H3. The number of likely N-dealkylation sites (tertiary alicyclic amines) is 1. The molecular formula is C19H24N2OS. The van der Waals surface area contributed by atoms with Crippen LogP contribution in [-0.2, 0) is 6.54 Å². The third-order valence-electron chi connectivity index (χ3n) is 4.58. The molecule has 0 atom stereocenters. The van der Waals surface area contributed by atoms with Crippen LogP contribution in [0.3, 0.4) is 0 Å². The van der Waals surface area contributed by atoms with Gasteiger partial charge in [-0.25, -0.2) is 0 Å². The summed E-state index contributed by atoms with van der Waals surface area (Å²) < 4.78 is 2.30. The van der Waals surface area contributed by atoms with Crippen LogP contribution in [0.5, 0.6) is 0 Å². The molecule has 0 radical (unpaired) electrons. The number of aromatic nitrogens is 1. The molecule has 0 aliphatic carbocycles. The molecule has 3 nitrogen and oxygen atoms in total. The fourth-order valence-electron chi connectivity index (χ4n) is 3.27. The highest BCUT2D eigenvalue weighted by Gasteiger charge is 2.24. The van der Waals surface area contributed by atoms with Crippen molar-refractivity contribution in [3.05, 3.63) is 47.7 Å². The zero-order valence-corrected chi connectivity index (χ0v) is 14.7. The molecule has 1 saturated heterocycles. The molecule has 2 heterocycles. The third kappa shape index (κ3) is 3.32. The van der Waals surface area contributed by atoms with Gasteiger partial charge in [-0.3, -0.25) is 4.79 Å². The topological polar surface area (TPSA) is 25.2 Å². The Bertz CT molecular complexity index is 672. The Morgan fingerprint density at radius 1 is 1.17 bits per heavy atom. The van der Waals surface area contributed by atoms with Gasteiger partial charge in [0.15, 0.2) is 0 Å². The van der Waals surface area contributed by atoms with E-state index in [9.17, 15) is 4.79 Å². The minimum atomic E-state index is 0.195. The predicted octanol–water partition coefficient (Wildman–Crippen LogP) is 4.06. The first kappa shape index (κ1) is 16.2. The Labute approximate surface area is 142 Å². The predicted molar refractivity (Wildman–Crippen MR) is 98.1 cm³/mol. The van der Waals surface area contributed by atoms with Gasteiger partial charge in [0.05, 0.1) is 5.56 Å². The number of thioether (sulfide) groups is 1. The van der Waals surface area contributed by atoms with Gasteiger partial charge in [0.2, 0.25) is 0 Å². The first-order valence-electron chi connectivity index (χ1n) is 8.26. The maximum absolute atomic E-state index is 12.8. The summed E-state index contributed by atoms with van der Waals surface area (Å²) in [5, 5.41) is 0. The average Bonchev–Trinajstić information content (AvgIpc) is 3.22. The van der Waals surface area contributed by atoms with Crippen molar-refractivity contribution in [1.82, 2.24) is 9.47 Å². The normalized spacial score (nSPS) is 14.4. The second kappa shape index (κ2) is 7.26. The van der Waals surface area contributed by atoms with E-state index in [-0.39, 0.29) is 5.91 Å². The van der Waals surface area contributed by atoms with Gasteiger partial charge in [-0.2, -0.15) is 11.8 Å². The van der Waals surface area contributed by atoms with Crippen molar-refractivity contribution in [3.63, 3.8) is 0 Å². The molecule has 1 aromatic heterocycles. The molecule has 0 unspecified atom stereocenters. The van der Waals surface area contributed by atoms with Gasteiger partial charge in [0, 0.05) is 36.8 Å². The van der Waals surface area contributed by atoms with Gasteiger partial charge in [-0.05, 0) is 37.7 Å². The van der Waals surface area contributed by atoms with Crippen LogP contribution in [-0.4, -0.2) is 40.5 Å². The van der Waals surface area contributed by atoms with E-state index in [0.29, 0.717) is 0 Å². The molecule has 3 rings (SSSR count). The largest absolute Gasteiger partial charge is 0.343 e. The van der Waals surface area contributed by atoms with Crippen LogP contribution in [0.2, 0.25) is 0 Å². The Morgan fingerprint density at radius 2 is 1.87 bits per heavy atom. The zero-order valence-electron chi connectivity index (χ0n) is 13.9. The number of rotatable bonds is 5. The lowest BCUT2D eigenvalue weighted by atomic mass is 10.1. The van der Waals surface area contributed by atoms with Gasteiger partial charge in [0.1, 0.15) is 0 Å². The molecule has 23 heavy (non-hydrogen) atoms. The second-order valence-electron chi connectivity index (χ2n) is 6.04. The SMILES string of the molecule is CSCCn1c(-c2ccccc2)cc(C(=O)N2CCCC2)c1C. The smallest absolute Gasteiger partial charge is 0.255 e. The van der Waals surface area contributed by atoms with E-state index >= 15 is 0 Å². The summed E-state index contributed by atoms with van der Waals surface area (Å²) in [6.07, 6.45) is 4.38. The molecule has 0 N–H and O–H groups in total. The highest BCUT2D eigenvalue weighted by Crippen LogP contribution is 2.28. The third-order valence-corrected chi connectivity index (χ3v) is 5.17.